The molecule has 0 atom stereocenters. The molecule has 0 aliphatic rings. The van der Waals surface area contributed by atoms with Crippen LogP contribution in [0.25, 0.3) is 10.2 Å². The van der Waals surface area contributed by atoms with Gasteiger partial charge < -0.3 is 9.47 Å². The van der Waals surface area contributed by atoms with E-state index >= 15 is 0 Å². The van der Waals surface area contributed by atoms with E-state index in [0.29, 0.717) is 16.2 Å². The highest BCUT2D eigenvalue weighted by Crippen LogP contribution is 2.35. The molecule has 0 spiro atoms. The summed E-state index contributed by atoms with van der Waals surface area (Å²) in [5.41, 5.74) is 0. The third-order valence-corrected chi connectivity index (χ3v) is 3.02. The Bertz CT molecular complexity index is 526. The molecule has 16 heavy (non-hydrogen) atoms. The van der Waals surface area contributed by atoms with Crippen molar-refractivity contribution in [1.29, 1.82) is 0 Å². The van der Waals surface area contributed by atoms with Crippen LogP contribution in [0, 0.1) is 0 Å². The van der Waals surface area contributed by atoms with Gasteiger partial charge in [0.1, 0.15) is 4.83 Å². The van der Waals surface area contributed by atoms with Crippen LogP contribution in [0.5, 0.6) is 5.75 Å². The molecule has 0 aromatic carbocycles. The van der Waals surface area contributed by atoms with Crippen LogP contribution in [-0.4, -0.2) is 17.7 Å². The third-order valence-electron chi connectivity index (χ3n) is 1.84. The Labute approximate surface area is 101 Å². The van der Waals surface area contributed by atoms with Crippen molar-refractivity contribution in [1.82, 2.24) is 4.98 Å². The Morgan fingerprint density at radius 3 is 3.19 bits per heavy atom. The van der Waals surface area contributed by atoms with Crippen molar-refractivity contribution in [2.24, 2.45) is 0 Å². The minimum Gasteiger partial charge on any atom is -0.434 e. The first kappa shape index (κ1) is 11.2. The summed E-state index contributed by atoms with van der Waals surface area (Å²) in [6, 6.07) is 1.65. The van der Waals surface area contributed by atoms with Crippen molar-refractivity contribution < 1.29 is 14.3 Å². The molecule has 2 aromatic rings. The number of ether oxygens (including phenoxy) is 2. The second-order valence-corrected chi connectivity index (χ2v) is 4.12. The van der Waals surface area contributed by atoms with Crippen LogP contribution in [0.1, 0.15) is 6.92 Å². The standard InChI is InChI=1S/C10H8ClNO3S/c1-2-14-10(13)15-7-5-16-9-8(7)6(11)3-4-12-9/h3-5H,2H2,1H3. The van der Waals surface area contributed by atoms with Crippen LogP contribution in [0.3, 0.4) is 0 Å². The summed E-state index contributed by atoms with van der Waals surface area (Å²) in [5.74, 6) is 0.386. The van der Waals surface area contributed by atoms with Crippen LogP contribution in [0.2, 0.25) is 5.02 Å². The van der Waals surface area contributed by atoms with Crippen molar-refractivity contribution >= 4 is 39.3 Å². The van der Waals surface area contributed by atoms with Crippen molar-refractivity contribution in [3.8, 4) is 5.75 Å². The molecule has 0 radical (unpaired) electrons. The first-order valence-electron chi connectivity index (χ1n) is 4.58. The Morgan fingerprint density at radius 2 is 2.44 bits per heavy atom. The normalized spacial score (nSPS) is 10.4. The average Bonchev–Trinajstić information content (AvgIpc) is 2.63. The van der Waals surface area contributed by atoms with E-state index < -0.39 is 6.16 Å². The second-order valence-electron chi connectivity index (χ2n) is 2.86. The molecule has 2 rings (SSSR count). The molecule has 0 saturated carbocycles. The largest absolute Gasteiger partial charge is 0.513 e. The summed E-state index contributed by atoms with van der Waals surface area (Å²) in [4.78, 5) is 16.0. The van der Waals surface area contributed by atoms with E-state index in [-0.39, 0.29) is 6.61 Å². The summed E-state index contributed by atoms with van der Waals surface area (Å²) in [6.45, 7) is 1.98. The van der Waals surface area contributed by atoms with Crippen molar-refractivity contribution in [3.05, 3.63) is 22.7 Å². The maximum atomic E-state index is 11.2. The Kier molecular flexibility index (Phi) is 3.26. The van der Waals surface area contributed by atoms with E-state index in [1.807, 2.05) is 0 Å². The molecule has 0 fully saturated rings. The van der Waals surface area contributed by atoms with Crippen LogP contribution in [-0.2, 0) is 4.74 Å². The molecular formula is C10H8ClNO3S. The zero-order valence-electron chi connectivity index (χ0n) is 8.40. The fraction of sp³-hybridized carbons (Fsp3) is 0.200. The predicted molar refractivity (Wildman–Crippen MR) is 62.3 cm³/mol. The lowest BCUT2D eigenvalue weighted by atomic mass is 10.3. The molecule has 0 aliphatic carbocycles. The van der Waals surface area contributed by atoms with Gasteiger partial charge in [-0.3, -0.25) is 0 Å². The lowest BCUT2D eigenvalue weighted by molar-refractivity contribution is 0.105. The monoisotopic (exact) mass is 257 g/mol. The van der Waals surface area contributed by atoms with Gasteiger partial charge in [0.2, 0.25) is 0 Å². The molecule has 0 aliphatic heterocycles. The van der Waals surface area contributed by atoms with Gasteiger partial charge in [0.25, 0.3) is 0 Å². The lowest BCUT2D eigenvalue weighted by Crippen LogP contribution is -2.09. The topological polar surface area (TPSA) is 48.4 Å². The molecule has 0 amide bonds. The summed E-state index contributed by atoms with van der Waals surface area (Å²) < 4.78 is 9.70. The van der Waals surface area contributed by atoms with Gasteiger partial charge in [-0.2, -0.15) is 0 Å². The van der Waals surface area contributed by atoms with Gasteiger partial charge in [-0.15, -0.1) is 11.3 Å². The van der Waals surface area contributed by atoms with Gasteiger partial charge in [0.05, 0.1) is 17.0 Å². The lowest BCUT2D eigenvalue weighted by Gasteiger charge is -2.02. The first-order valence-corrected chi connectivity index (χ1v) is 5.84. The van der Waals surface area contributed by atoms with Crippen LogP contribution in [0.15, 0.2) is 17.6 Å². The predicted octanol–water partition coefficient (Wildman–Crippen LogP) is 3.49. The third kappa shape index (κ3) is 2.10. The Hall–Kier alpha value is -1.33. The summed E-state index contributed by atoms with van der Waals surface area (Å²) >= 11 is 7.36. The molecule has 0 saturated heterocycles. The summed E-state index contributed by atoms with van der Waals surface area (Å²) in [5, 5.41) is 2.83. The smallest absolute Gasteiger partial charge is 0.434 e. The number of rotatable bonds is 2. The van der Waals surface area contributed by atoms with Crippen LogP contribution >= 0.6 is 22.9 Å². The molecule has 84 valence electrons. The minimum atomic E-state index is -0.734. The number of hydrogen-bond acceptors (Lipinski definition) is 5. The van der Waals surface area contributed by atoms with E-state index in [1.54, 1.807) is 24.6 Å². The first-order chi connectivity index (χ1) is 7.72. The van der Waals surface area contributed by atoms with E-state index in [2.05, 4.69) is 9.72 Å². The molecule has 0 N–H and O–H groups in total. The summed E-state index contributed by atoms with van der Waals surface area (Å²) in [7, 11) is 0. The van der Waals surface area contributed by atoms with E-state index in [9.17, 15) is 4.79 Å². The number of nitrogens with zero attached hydrogens (tertiary/aromatic N) is 1. The Balaban J connectivity index is 2.34. The van der Waals surface area contributed by atoms with Crippen LogP contribution < -0.4 is 4.74 Å². The zero-order chi connectivity index (χ0) is 11.5. The summed E-state index contributed by atoms with van der Waals surface area (Å²) in [6.07, 6.45) is 0.872. The molecule has 2 aromatic heterocycles. The highest BCUT2D eigenvalue weighted by Gasteiger charge is 2.13. The van der Waals surface area contributed by atoms with Crippen molar-refractivity contribution in [2.75, 3.05) is 6.61 Å². The Morgan fingerprint density at radius 1 is 1.62 bits per heavy atom. The average molecular weight is 258 g/mol. The van der Waals surface area contributed by atoms with Crippen LogP contribution in [0.4, 0.5) is 4.79 Å². The number of fused-ring (bicyclic) bond motifs is 1. The number of carbonyl (C=O) groups excluding carboxylic acids is 1. The van der Waals surface area contributed by atoms with Crippen molar-refractivity contribution in [3.63, 3.8) is 0 Å². The van der Waals surface area contributed by atoms with Gasteiger partial charge >= 0.3 is 6.16 Å². The highest BCUT2D eigenvalue weighted by atomic mass is 35.5. The number of pyridine rings is 1. The van der Waals surface area contributed by atoms with Gasteiger partial charge in [-0.05, 0) is 13.0 Å². The maximum absolute atomic E-state index is 11.2. The fourth-order valence-corrected chi connectivity index (χ4v) is 2.34. The van der Waals surface area contributed by atoms with E-state index in [0.717, 1.165) is 4.83 Å². The minimum absolute atomic E-state index is 0.271. The quantitative estimate of drug-likeness (QED) is 0.773. The second kappa shape index (κ2) is 4.67. The van der Waals surface area contributed by atoms with Crippen molar-refractivity contribution in [2.45, 2.75) is 6.92 Å². The fourth-order valence-electron chi connectivity index (χ4n) is 1.21. The number of thiophene rings is 1. The van der Waals surface area contributed by atoms with Gasteiger partial charge in [-0.25, -0.2) is 9.78 Å². The number of carbonyl (C=O) groups is 1. The molecule has 4 nitrogen and oxygen atoms in total. The van der Waals surface area contributed by atoms with Gasteiger partial charge in [0.15, 0.2) is 5.75 Å². The molecule has 0 bridgehead atoms. The van der Waals surface area contributed by atoms with E-state index in [1.165, 1.54) is 11.3 Å². The maximum Gasteiger partial charge on any atom is 0.513 e. The SMILES string of the molecule is CCOC(=O)Oc1csc2nccc(Cl)c12. The molecule has 2 heterocycles. The number of hydrogen-bond donors (Lipinski definition) is 0. The highest BCUT2D eigenvalue weighted by molar-refractivity contribution is 7.17. The number of halogens is 1. The number of aromatic nitrogens is 1. The molecule has 6 heteroatoms. The van der Waals surface area contributed by atoms with E-state index in [4.69, 9.17) is 16.3 Å². The van der Waals surface area contributed by atoms with Gasteiger partial charge in [0, 0.05) is 11.6 Å². The van der Waals surface area contributed by atoms with Gasteiger partial charge in [-0.1, -0.05) is 11.6 Å². The molecular weight excluding hydrogens is 250 g/mol. The zero-order valence-corrected chi connectivity index (χ0v) is 9.97. The molecule has 0 unspecified atom stereocenters.